The second-order valence-corrected chi connectivity index (χ2v) is 8.55. The summed E-state index contributed by atoms with van der Waals surface area (Å²) in [4.78, 5) is 33.7. The molecule has 2 saturated heterocycles. The predicted molar refractivity (Wildman–Crippen MR) is 116 cm³/mol. The number of nitrogens with zero attached hydrogens (tertiary/aromatic N) is 3. The second-order valence-electron chi connectivity index (χ2n) is 7.71. The van der Waals surface area contributed by atoms with Crippen LogP contribution >= 0.6 is 11.3 Å². The van der Waals surface area contributed by atoms with Crippen molar-refractivity contribution in [2.45, 2.75) is 25.7 Å². The van der Waals surface area contributed by atoms with Gasteiger partial charge >= 0.3 is 5.97 Å². The first-order chi connectivity index (χ1) is 14.6. The van der Waals surface area contributed by atoms with Gasteiger partial charge in [0.15, 0.2) is 5.13 Å². The van der Waals surface area contributed by atoms with E-state index in [1.165, 1.54) is 20.0 Å². The zero-order valence-corrected chi connectivity index (χ0v) is 18.2. The van der Waals surface area contributed by atoms with Gasteiger partial charge in [0.05, 0.1) is 25.8 Å². The molecule has 2 aliphatic heterocycles. The molecular formula is C22H27N3O4S. The molecule has 0 atom stereocenters. The normalized spacial score (nSPS) is 17.3. The summed E-state index contributed by atoms with van der Waals surface area (Å²) in [7, 11) is 3.04. The van der Waals surface area contributed by atoms with Gasteiger partial charge in [-0.25, -0.2) is 4.98 Å². The average Bonchev–Trinajstić information content (AvgIpc) is 3.49. The summed E-state index contributed by atoms with van der Waals surface area (Å²) in [6.45, 7) is 3.19. The van der Waals surface area contributed by atoms with Crippen molar-refractivity contribution in [1.82, 2.24) is 9.88 Å². The fourth-order valence-corrected chi connectivity index (χ4v) is 5.03. The highest BCUT2D eigenvalue weighted by molar-refractivity contribution is 7.14. The van der Waals surface area contributed by atoms with E-state index in [9.17, 15) is 9.59 Å². The van der Waals surface area contributed by atoms with Crippen molar-refractivity contribution in [1.29, 1.82) is 0 Å². The molecule has 7 nitrogen and oxygen atoms in total. The monoisotopic (exact) mass is 429 g/mol. The number of benzene rings is 1. The molecule has 30 heavy (non-hydrogen) atoms. The van der Waals surface area contributed by atoms with Gasteiger partial charge in [-0.05, 0) is 43.9 Å². The number of amides is 1. The predicted octanol–water partition coefficient (Wildman–Crippen LogP) is 3.44. The van der Waals surface area contributed by atoms with E-state index in [2.05, 4.69) is 4.90 Å². The number of carbonyl (C=O) groups is 2. The number of hydrogen-bond donors (Lipinski definition) is 0. The lowest BCUT2D eigenvalue weighted by Crippen LogP contribution is -2.40. The van der Waals surface area contributed by atoms with Crippen molar-refractivity contribution in [2.24, 2.45) is 5.92 Å². The Morgan fingerprint density at radius 2 is 1.83 bits per heavy atom. The number of likely N-dealkylation sites (tertiary alicyclic amines) is 1. The molecule has 0 aliphatic carbocycles. The maximum absolute atomic E-state index is 13.1. The van der Waals surface area contributed by atoms with E-state index in [1.54, 1.807) is 24.5 Å². The number of thiazole rings is 1. The molecular weight excluding hydrogens is 402 g/mol. The summed E-state index contributed by atoms with van der Waals surface area (Å²) in [5.41, 5.74) is 2.27. The quantitative estimate of drug-likeness (QED) is 0.678. The van der Waals surface area contributed by atoms with E-state index in [0.717, 1.165) is 29.5 Å². The van der Waals surface area contributed by atoms with Crippen molar-refractivity contribution in [3.63, 3.8) is 0 Å². The highest BCUT2D eigenvalue weighted by Gasteiger charge is 2.29. The molecule has 1 amide bonds. The van der Waals surface area contributed by atoms with Crippen molar-refractivity contribution in [3.8, 4) is 17.0 Å². The Labute approximate surface area is 180 Å². The lowest BCUT2D eigenvalue weighted by molar-refractivity contribution is -0.146. The van der Waals surface area contributed by atoms with Gasteiger partial charge in [-0.2, -0.15) is 0 Å². The topological polar surface area (TPSA) is 72.0 Å². The first-order valence-corrected chi connectivity index (χ1v) is 11.2. The molecule has 0 unspecified atom stereocenters. The van der Waals surface area contributed by atoms with Crippen LogP contribution in [0.1, 0.15) is 36.0 Å². The van der Waals surface area contributed by atoms with Crippen LogP contribution in [0.3, 0.4) is 0 Å². The van der Waals surface area contributed by atoms with Gasteiger partial charge in [0, 0.05) is 42.7 Å². The Bertz CT molecular complexity index is 915. The summed E-state index contributed by atoms with van der Waals surface area (Å²) in [6.07, 6.45) is 3.67. The van der Waals surface area contributed by atoms with E-state index < -0.39 is 0 Å². The van der Waals surface area contributed by atoms with E-state index in [-0.39, 0.29) is 17.8 Å². The molecule has 0 N–H and O–H groups in total. The highest BCUT2D eigenvalue weighted by atomic mass is 32.1. The molecule has 4 rings (SSSR count). The minimum atomic E-state index is -0.189. The molecule has 8 heteroatoms. The number of piperidine rings is 1. The summed E-state index contributed by atoms with van der Waals surface area (Å²) in [5.74, 6) is 0.363. The average molecular weight is 430 g/mol. The van der Waals surface area contributed by atoms with Gasteiger partial charge in [-0.15, -0.1) is 11.3 Å². The number of aromatic nitrogens is 1. The minimum Gasteiger partial charge on any atom is -0.496 e. The number of methoxy groups -OCH3 is 2. The molecule has 160 valence electrons. The maximum atomic E-state index is 13.1. The fraction of sp³-hybridized carbons (Fsp3) is 0.500. The van der Waals surface area contributed by atoms with Gasteiger partial charge in [-0.1, -0.05) is 0 Å². The summed E-state index contributed by atoms with van der Waals surface area (Å²) < 4.78 is 10.4. The SMILES string of the molecule is COC(=O)C1CCN(C(=O)c2ccc(OC)c(-c3csc(N4CCCC4)n3)c2)CC1. The molecule has 3 heterocycles. The molecule has 1 aromatic heterocycles. The van der Waals surface area contributed by atoms with Crippen LogP contribution < -0.4 is 9.64 Å². The molecule has 0 bridgehead atoms. The molecule has 1 aromatic carbocycles. The third-order valence-corrected chi connectivity index (χ3v) is 6.81. The number of esters is 1. The van der Waals surface area contributed by atoms with Crippen LogP contribution in [0.4, 0.5) is 5.13 Å². The third kappa shape index (κ3) is 4.14. The second kappa shape index (κ2) is 9.04. The van der Waals surface area contributed by atoms with E-state index in [0.29, 0.717) is 37.2 Å². The van der Waals surface area contributed by atoms with Gasteiger partial charge < -0.3 is 19.3 Å². The van der Waals surface area contributed by atoms with Crippen LogP contribution in [0, 0.1) is 5.92 Å². The lowest BCUT2D eigenvalue weighted by Gasteiger charge is -2.30. The van der Waals surface area contributed by atoms with Crippen LogP contribution in [0.5, 0.6) is 5.75 Å². The zero-order valence-electron chi connectivity index (χ0n) is 17.4. The molecule has 2 aromatic rings. The Hall–Kier alpha value is -2.61. The summed E-state index contributed by atoms with van der Waals surface area (Å²) >= 11 is 1.63. The van der Waals surface area contributed by atoms with Gasteiger partial charge in [0.1, 0.15) is 5.75 Å². The van der Waals surface area contributed by atoms with Crippen LogP contribution in [-0.2, 0) is 9.53 Å². The molecule has 2 fully saturated rings. The standard InChI is InChI=1S/C22H27N3O4S/c1-28-19-6-5-16(20(26)24-11-7-15(8-12-24)21(27)29-2)13-17(19)18-14-30-22(23-18)25-9-3-4-10-25/h5-6,13-15H,3-4,7-12H2,1-2H3. The lowest BCUT2D eigenvalue weighted by atomic mass is 9.96. The van der Waals surface area contributed by atoms with E-state index in [1.807, 2.05) is 22.4 Å². The summed E-state index contributed by atoms with van der Waals surface area (Å²) in [5, 5.41) is 3.05. The Balaban J connectivity index is 1.53. The summed E-state index contributed by atoms with van der Waals surface area (Å²) in [6, 6.07) is 5.50. The Morgan fingerprint density at radius 3 is 2.50 bits per heavy atom. The van der Waals surface area contributed by atoms with E-state index in [4.69, 9.17) is 14.5 Å². The van der Waals surface area contributed by atoms with Crippen molar-refractivity contribution >= 4 is 28.3 Å². The van der Waals surface area contributed by atoms with Gasteiger partial charge in [-0.3, -0.25) is 9.59 Å². The number of anilines is 1. The molecule has 0 spiro atoms. The minimum absolute atomic E-state index is 0.0304. The zero-order chi connectivity index (χ0) is 21.1. The van der Waals surface area contributed by atoms with Crippen molar-refractivity contribution in [2.75, 3.05) is 45.3 Å². The molecule has 0 radical (unpaired) electrons. The fourth-order valence-electron chi connectivity index (χ4n) is 4.15. The van der Waals surface area contributed by atoms with Crippen molar-refractivity contribution in [3.05, 3.63) is 29.1 Å². The first kappa shape index (κ1) is 20.7. The number of hydrogen-bond acceptors (Lipinski definition) is 7. The number of ether oxygens (including phenoxy) is 2. The van der Waals surface area contributed by atoms with Gasteiger partial charge in [0.2, 0.25) is 0 Å². The smallest absolute Gasteiger partial charge is 0.308 e. The highest BCUT2D eigenvalue weighted by Crippen LogP contribution is 2.35. The van der Waals surface area contributed by atoms with Gasteiger partial charge in [0.25, 0.3) is 5.91 Å². The number of carbonyl (C=O) groups excluding carboxylic acids is 2. The molecule has 0 saturated carbocycles. The van der Waals surface area contributed by atoms with Crippen molar-refractivity contribution < 1.29 is 19.1 Å². The maximum Gasteiger partial charge on any atom is 0.308 e. The number of rotatable bonds is 5. The Kier molecular flexibility index (Phi) is 6.22. The Morgan fingerprint density at radius 1 is 1.10 bits per heavy atom. The third-order valence-electron chi connectivity index (χ3n) is 5.91. The largest absolute Gasteiger partial charge is 0.496 e. The van der Waals surface area contributed by atoms with Crippen LogP contribution in [0.2, 0.25) is 0 Å². The molecule has 2 aliphatic rings. The van der Waals surface area contributed by atoms with Crippen LogP contribution in [0.25, 0.3) is 11.3 Å². The van der Waals surface area contributed by atoms with E-state index >= 15 is 0 Å². The van der Waals surface area contributed by atoms with Crippen LogP contribution in [0.15, 0.2) is 23.6 Å². The van der Waals surface area contributed by atoms with Crippen LogP contribution in [-0.4, -0.2) is 62.2 Å². The first-order valence-electron chi connectivity index (χ1n) is 10.4.